The Bertz CT molecular complexity index is 423. The van der Waals surface area contributed by atoms with Gasteiger partial charge < -0.3 is 5.73 Å². The maximum atomic E-state index is 11.8. The van der Waals surface area contributed by atoms with Gasteiger partial charge in [0, 0.05) is 15.8 Å². The summed E-state index contributed by atoms with van der Waals surface area (Å²) in [5.74, 6) is 0.216. The SMILES string of the molecule is CCc1ccc(CS(=O)(=O)CC(N)CC)s1. The smallest absolute Gasteiger partial charge is 0.156 e. The fourth-order valence-electron chi connectivity index (χ4n) is 1.41. The lowest BCUT2D eigenvalue weighted by Gasteiger charge is -2.08. The summed E-state index contributed by atoms with van der Waals surface area (Å²) in [6.07, 6.45) is 1.66. The Morgan fingerprint density at radius 2 is 1.94 bits per heavy atom. The number of sulfone groups is 1. The Labute approximate surface area is 102 Å². The second-order valence-electron chi connectivity index (χ2n) is 3.94. The molecule has 0 aliphatic carbocycles. The van der Waals surface area contributed by atoms with Crippen molar-refractivity contribution in [3.05, 3.63) is 21.9 Å². The van der Waals surface area contributed by atoms with E-state index in [1.165, 1.54) is 4.88 Å². The molecule has 1 aromatic heterocycles. The van der Waals surface area contributed by atoms with Crippen molar-refractivity contribution in [2.75, 3.05) is 5.75 Å². The summed E-state index contributed by atoms with van der Waals surface area (Å²) in [7, 11) is -3.06. The molecule has 1 unspecified atom stereocenters. The van der Waals surface area contributed by atoms with E-state index in [9.17, 15) is 8.42 Å². The molecular formula is C11H19NO2S2. The van der Waals surface area contributed by atoms with Crippen molar-refractivity contribution in [1.82, 2.24) is 0 Å². The third kappa shape index (κ3) is 4.23. The molecule has 0 radical (unpaired) electrons. The van der Waals surface area contributed by atoms with Gasteiger partial charge in [-0.25, -0.2) is 8.42 Å². The molecule has 92 valence electrons. The Morgan fingerprint density at radius 1 is 1.31 bits per heavy atom. The molecule has 0 saturated heterocycles. The van der Waals surface area contributed by atoms with E-state index in [-0.39, 0.29) is 17.5 Å². The van der Waals surface area contributed by atoms with Crippen molar-refractivity contribution < 1.29 is 8.42 Å². The summed E-state index contributed by atoms with van der Waals surface area (Å²) in [5, 5.41) is 0. The van der Waals surface area contributed by atoms with Gasteiger partial charge in [0.05, 0.1) is 11.5 Å². The average Bonchev–Trinajstić information content (AvgIpc) is 2.63. The summed E-state index contributed by atoms with van der Waals surface area (Å²) >= 11 is 1.57. The minimum absolute atomic E-state index is 0.0862. The van der Waals surface area contributed by atoms with Crippen LogP contribution in [0.25, 0.3) is 0 Å². The standard InChI is InChI=1S/C11H19NO2S2/c1-3-9(12)7-16(13,14)8-11-6-5-10(4-2)15-11/h5-6,9H,3-4,7-8,12H2,1-2H3. The van der Waals surface area contributed by atoms with Crippen molar-refractivity contribution in [2.45, 2.75) is 38.5 Å². The van der Waals surface area contributed by atoms with E-state index in [1.807, 2.05) is 19.1 Å². The molecule has 0 aromatic carbocycles. The van der Waals surface area contributed by atoms with Crippen molar-refractivity contribution in [3.8, 4) is 0 Å². The zero-order valence-corrected chi connectivity index (χ0v) is 11.4. The molecule has 0 aliphatic heterocycles. The van der Waals surface area contributed by atoms with Crippen LogP contribution in [0.5, 0.6) is 0 Å². The van der Waals surface area contributed by atoms with Crippen molar-refractivity contribution in [2.24, 2.45) is 5.73 Å². The normalized spacial score (nSPS) is 13.9. The summed E-state index contributed by atoms with van der Waals surface area (Å²) in [5.41, 5.74) is 5.67. The molecule has 0 spiro atoms. The van der Waals surface area contributed by atoms with Crippen LogP contribution in [0.2, 0.25) is 0 Å². The van der Waals surface area contributed by atoms with Crippen LogP contribution in [0.1, 0.15) is 30.0 Å². The number of aryl methyl sites for hydroxylation is 1. The Balaban J connectivity index is 2.65. The van der Waals surface area contributed by atoms with Crippen LogP contribution in [0.15, 0.2) is 12.1 Å². The van der Waals surface area contributed by atoms with Crippen LogP contribution in [0, 0.1) is 0 Å². The second kappa shape index (κ2) is 5.80. The Morgan fingerprint density at radius 3 is 2.44 bits per heavy atom. The molecule has 2 N–H and O–H groups in total. The number of thiophene rings is 1. The predicted molar refractivity (Wildman–Crippen MR) is 69.5 cm³/mol. The van der Waals surface area contributed by atoms with Gasteiger partial charge >= 0.3 is 0 Å². The summed E-state index contributed by atoms with van der Waals surface area (Å²) in [6.45, 7) is 3.97. The minimum Gasteiger partial charge on any atom is -0.327 e. The van der Waals surface area contributed by atoms with Crippen LogP contribution < -0.4 is 5.73 Å². The van der Waals surface area contributed by atoms with Crippen molar-refractivity contribution >= 4 is 21.2 Å². The Hall–Kier alpha value is -0.390. The van der Waals surface area contributed by atoms with Crippen LogP contribution in [0.3, 0.4) is 0 Å². The van der Waals surface area contributed by atoms with E-state index < -0.39 is 9.84 Å². The third-order valence-electron chi connectivity index (χ3n) is 2.42. The van der Waals surface area contributed by atoms with E-state index in [0.29, 0.717) is 6.42 Å². The zero-order chi connectivity index (χ0) is 12.2. The molecule has 0 bridgehead atoms. The molecule has 0 fully saturated rings. The van der Waals surface area contributed by atoms with E-state index >= 15 is 0 Å². The molecule has 0 amide bonds. The summed E-state index contributed by atoms with van der Waals surface area (Å²) in [6, 6.07) is 3.66. The van der Waals surface area contributed by atoms with Crippen molar-refractivity contribution in [1.29, 1.82) is 0 Å². The highest BCUT2D eigenvalue weighted by Gasteiger charge is 2.16. The van der Waals surface area contributed by atoms with Crippen LogP contribution in [-0.2, 0) is 22.0 Å². The lowest BCUT2D eigenvalue weighted by atomic mass is 10.3. The molecule has 0 aliphatic rings. The molecule has 1 atom stereocenters. The van der Waals surface area contributed by atoms with E-state index in [1.54, 1.807) is 11.3 Å². The first-order chi connectivity index (χ1) is 7.46. The Kier molecular flexibility index (Phi) is 4.95. The highest BCUT2D eigenvalue weighted by molar-refractivity contribution is 7.90. The van der Waals surface area contributed by atoms with Gasteiger partial charge in [0.2, 0.25) is 0 Å². The molecule has 3 nitrogen and oxygen atoms in total. The summed E-state index contributed by atoms with van der Waals surface area (Å²) < 4.78 is 23.6. The highest BCUT2D eigenvalue weighted by Crippen LogP contribution is 2.19. The molecule has 1 rings (SSSR count). The van der Waals surface area contributed by atoms with E-state index in [2.05, 4.69) is 6.92 Å². The van der Waals surface area contributed by atoms with Crippen molar-refractivity contribution in [3.63, 3.8) is 0 Å². The third-order valence-corrected chi connectivity index (χ3v) is 5.52. The van der Waals surface area contributed by atoms with Crippen LogP contribution >= 0.6 is 11.3 Å². The van der Waals surface area contributed by atoms with Gasteiger partial charge in [-0.15, -0.1) is 11.3 Å². The fraction of sp³-hybridized carbons (Fsp3) is 0.636. The lowest BCUT2D eigenvalue weighted by molar-refractivity contribution is 0.583. The monoisotopic (exact) mass is 261 g/mol. The van der Waals surface area contributed by atoms with Gasteiger partial charge in [0.15, 0.2) is 9.84 Å². The van der Waals surface area contributed by atoms with E-state index in [4.69, 9.17) is 5.73 Å². The van der Waals surface area contributed by atoms with Crippen LogP contribution in [0.4, 0.5) is 0 Å². The zero-order valence-electron chi connectivity index (χ0n) is 9.77. The molecule has 1 heterocycles. The van der Waals surface area contributed by atoms with Gasteiger partial charge in [0.25, 0.3) is 0 Å². The molecule has 1 aromatic rings. The number of rotatable bonds is 6. The van der Waals surface area contributed by atoms with E-state index in [0.717, 1.165) is 11.3 Å². The number of nitrogens with two attached hydrogens (primary N) is 1. The number of hydrogen-bond acceptors (Lipinski definition) is 4. The first-order valence-electron chi connectivity index (χ1n) is 5.50. The first kappa shape index (κ1) is 13.7. The topological polar surface area (TPSA) is 60.2 Å². The average molecular weight is 261 g/mol. The van der Waals surface area contributed by atoms with Gasteiger partial charge in [0.1, 0.15) is 0 Å². The maximum absolute atomic E-state index is 11.8. The maximum Gasteiger partial charge on any atom is 0.156 e. The van der Waals surface area contributed by atoms with Gasteiger partial charge in [-0.2, -0.15) is 0 Å². The molecule has 16 heavy (non-hydrogen) atoms. The molecular weight excluding hydrogens is 242 g/mol. The molecule has 0 saturated carbocycles. The minimum atomic E-state index is -3.06. The lowest BCUT2D eigenvalue weighted by Crippen LogP contribution is -2.29. The fourth-order valence-corrected chi connectivity index (χ4v) is 4.47. The van der Waals surface area contributed by atoms with Crippen LogP contribution in [-0.4, -0.2) is 20.2 Å². The number of hydrogen-bond donors (Lipinski definition) is 1. The first-order valence-corrected chi connectivity index (χ1v) is 8.14. The summed E-state index contributed by atoms with van der Waals surface area (Å²) in [4.78, 5) is 2.14. The molecule has 5 heteroatoms. The second-order valence-corrected chi connectivity index (χ2v) is 7.31. The predicted octanol–water partition coefficient (Wildman–Crippen LogP) is 1.96. The van der Waals surface area contributed by atoms with Gasteiger partial charge in [-0.3, -0.25) is 0 Å². The van der Waals surface area contributed by atoms with Gasteiger partial charge in [-0.05, 0) is 25.0 Å². The largest absolute Gasteiger partial charge is 0.327 e. The highest BCUT2D eigenvalue weighted by atomic mass is 32.2. The van der Waals surface area contributed by atoms with Gasteiger partial charge in [-0.1, -0.05) is 13.8 Å². The quantitative estimate of drug-likeness (QED) is 0.851.